The van der Waals surface area contributed by atoms with E-state index in [-0.39, 0.29) is 19.8 Å². The van der Waals surface area contributed by atoms with Gasteiger partial charge in [-0.25, -0.2) is 4.79 Å². The second-order valence-electron chi connectivity index (χ2n) is 7.56. The SMILES string of the molecule is C=CCOC(=O)N[C@H]1[C@@H](OCc2ccccc2)O[C@@H]2COC(c3ccccc3)O[C@H]2[C@@H]1O. The minimum Gasteiger partial charge on any atom is -0.445 e. The minimum absolute atomic E-state index is 0.0392. The average molecular weight is 441 g/mol. The molecule has 1 unspecified atom stereocenters. The minimum atomic E-state index is -1.11. The zero-order valence-corrected chi connectivity index (χ0v) is 17.5. The number of benzene rings is 2. The Hall–Kier alpha value is -2.75. The maximum atomic E-state index is 12.2. The smallest absolute Gasteiger partial charge is 0.407 e. The van der Waals surface area contributed by atoms with Crippen molar-refractivity contribution in [3.05, 3.63) is 84.4 Å². The van der Waals surface area contributed by atoms with Crippen molar-refractivity contribution in [1.29, 1.82) is 0 Å². The molecular formula is C24H27NO7. The first kappa shape index (κ1) is 22.4. The molecule has 0 radical (unpaired) electrons. The Bertz CT molecular complexity index is 878. The van der Waals surface area contributed by atoms with Crippen LogP contribution in [0.2, 0.25) is 0 Å². The molecule has 0 aromatic heterocycles. The lowest BCUT2D eigenvalue weighted by Crippen LogP contribution is -2.66. The number of nitrogens with one attached hydrogen (secondary N) is 1. The topological polar surface area (TPSA) is 95.5 Å². The molecule has 8 nitrogen and oxygen atoms in total. The lowest BCUT2D eigenvalue weighted by molar-refractivity contribution is -0.345. The standard InChI is InChI=1S/C24H27NO7/c1-2-13-28-24(27)25-19-20(26)21-18(15-30-22(32-21)17-11-7-4-8-12-17)31-23(19)29-14-16-9-5-3-6-10-16/h2-12,18-23,26H,1,13-15H2,(H,25,27)/t18-,19-,20-,21-,22?,23+/m1/s1. The van der Waals surface area contributed by atoms with E-state index in [2.05, 4.69) is 11.9 Å². The first-order chi connectivity index (χ1) is 15.7. The van der Waals surface area contributed by atoms with Gasteiger partial charge in [-0.2, -0.15) is 0 Å². The molecule has 2 aliphatic rings. The van der Waals surface area contributed by atoms with Crippen LogP contribution in [0.15, 0.2) is 73.3 Å². The average Bonchev–Trinajstić information content (AvgIpc) is 2.84. The molecule has 32 heavy (non-hydrogen) atoms. The Labute approximate surface area is 186 Å². The monoisotopic (exact) mass is 441 g/mol. The van der Waals surface area contributed by atoms with Crippen molar-refractivity contribution < 1.29 is 33.6 Å². The molecule has 2 N–H and O–H groups in total. The summed E-state index contributed by atoms with van der Waals surface area (Å²) in [6, 6.07) is 18.1. The van der Waals surface area contributed by atoms with Crippen molar-refractivity contribution in [2.45, 2.75) is 43.5 Å². The van der Waals surface area contributed by atoms with Crippen LogP contribution in [0.25, 0.3) is 0 Å². The lowest BCUT2D eigenvalue weighted by atomic mass is 9.96. The predicted molar refractivity (Wildman–Crippen MR) is 114 cm³/mol. The summed E-state index contributed by atoms with van der Waals surface area (Å²) >= 11 is 0. The first-order valence-electron chi connectivity index (χ1n) is 10.5. The lowest BCUT2D eigenvalue weighted by Gasteiger charge is -2.47. The Kier molecular flexibility index (Phi) is 7.51. The summed E-state index contributed by atoms with van der Waals surface area (Å²) in [6.07, 6.45) is -3.23. The van der Waals surface area contributed by atoms with Gasteiger partial charge in [0.2, 0.25) is 0 Å². The number of aliphatic hydroxyl groups is 1. The Morgan fingerprint density at radius 3 is 2.56 bits per heavy atom. The van der Waals surface area contributed by atoms with Crippen molar-refractivity contribution >= 4 is 6.09 Å². The third-order valence-corrected chi connectivity index (χ3v) is 5.31. The van der Waals surface area contributed by atoms with Gasteiger partial charge in [-0.15, -0.1) is 0 Å². The van der Waals surface area contributed by atoms with E-state index >= 15 is 0 Å². The highest BCUT2D eigenvalue weighted by Gasteiger charge is 2.50. The van der Waals surface area contributed by atoms with Crippen LogP contribution >= 0.6 is 0 Å². The first-order valence-corrected chi connectivity index (χ1v) is 10.5. The van der Waals surface area contributed by atoms with Gasteiger partial charge in [0.05, 0.1) is 13.2 Å². The van der Waals surface area contributed by atoms with Gasteiger partial charge in [0.25, 0.3) is 0 Å². The number of ether oxygens (including phenoxy) is 5. The largest absolute Gasteiger partial charge is 0.445 e. The molecule has 0 spiro atoms. The van der Waals surface area contributed by atoms with Crippen LogP contribution in [0, 0.1) is 0 Å². The van der Waals surface area contributed by atoms with Crippen LogP contribution in [0.5, 0.6) is 0 Å². The second-order valence-corrected chi connectivity index (χ2v) is 7.56. The molecule has 8 heteroatoms. The Balaban J connectivity index is 1.48. The van der Waals surface area contributed by atoms with Gasteiger partial charge in [0.1, 0.15) is 31.0 Å². The second kappa shape index (κ2) is 10.7. The summed E-state index contributed by atoms with van der Waals surface area (Å²) in [6.45, 7) is 4.01. The van der Waals surface area contributed by atoms with Crippen molar-refractivity contribution in [2.24, 2.45) is 0 Å². The molecule has 2 saturated heterocycles. The van der Waals surface area contributed by atoms with Crippen molar-refractivity contribution in [1.82, 2.24) is 5.32 Å². The van der Waals surface area contributed by atoms with E-state index in [0.717, 1.165) is 11.1 Å². The normalized spacial score (nSPS) is 29.5. The van der Waals surface area contributed by atoms with Crippen LogP contribution in [0.3, 0.4) is 0 Å². The van der Waals surface area contributed by atoms with Gasteiger partial charge in [-0.3, -0.25) is 0 Å². The number of fused-ring (bicyclic) bond motifs is 1. The van der Waals surface area contributed by atoms with Gasteiger partial charge in [-0.05, 0) is 5.56 Å². The Morgan fingerprint density at radius 2 is 1.84 bits per heavy atom. The maximum Gasteiger partial charge on any atom is 0.407 e. The van der Waals surface area contributed by atoms with Gasteiger partial charge in [0.15, 0.2) is 12.6 Å². The molecule has 2 heterocycles. The van der Waals surface area contributed by atoms with Gasteiger partial charge >= 0.3 is 6.09 Å². The molecule has 0 aliphatic carbocycles. The van der Waals surface area contributed by atoms with Gasteiger partial charge in [0, 0.05) is 5.56 Å². The highest BCUT2D eigenvalue weighted by atomic mass is 16.7. The van der Waals surface area contributed by atoms with Gasteiger partial charge < -0.3 is 34.1 Å². The zero-order valence-electron chi connectivity index (χ0n) is 17.5. The number of amides is 1. The molecular weight excluding hydrogens is 414 g/mol. The Morgan fingerprint density at radius 1 is 1.12 bits per heavy atom. The van der Waals surface area contributed by atoms with Crippen LogP contribution in [-0.2, 0) is 30.3 Å². The number of hydrogen-bond acceptors (Lipinski definition) is 7. The fourth-order valence-corrected chi connectivity index (χ4v) is 3.73. The molecule has 2 aromatic carbocycles. The van der Waals surface area contributed by atoms with E-state index in [1.807, 2.05) is 60.7 Å². The highest BCUT2D eigenvalue weighted by Crippen LogP contribution is 2.34. The quantitative estimate of drug-likeness (QED) is 0.638. The molecule has 6 atom stereocenters. The van der Waals surface area contributed by atoms with E-state index in [1.54, 1.807) is 0 Å². The summed E-state index contributed by atoms with van der Waals surface area (Å²) in [5.74, 6) is 0. The predicted octanol–water partition coefficient (Wildman–Crippen LogP) is 2.68. The summed E-state index contributed by atoms with van der Waals surface area (Å²) in [5.41, 5.74) is 1.76. The van der Waals surface area contributed by atoms with E-state index in [4.69, 9.17) is 23.7 Å². The zero-order chi connectivity index (χ0) is 22.3. The van der Waals surface area contributed by atoms with Crippen molar-refractivity contribution in [2.75, 3.05) is 13.2 Å². The molecule has 170 valence electrons. The third-order valence-electron chi connectivity index (χ3n) is 5.31. The summed E-state index contributed by atoms with van der Waals surface area (Å²) in [5, 5.41) is 13.8. The van der Waals surface area contributed by atoms with Crippen LogP contribution in [0.4, 0.5) is 4.79 Å². The molecule has 2 fully saturated rings. The molecule has 0 saturated carbocycles. The van der Waals surface area contributed by atoms with Crippen molar-refractivity contribution in [3.8, 4) is 0 Å². The van der Waals surface area contributed by atoms with Crippen molar-refractivity contribution in [3.63, 3.8) is 0 Å². The van der Waals surface area contributed by atoms with Gasteiger partial charge in [-0.1, -0.05) is 73.3 Å². The number of alkyl carbamates (subject to hydrolysis) is 1. The summed E-state index contributed by atoms with van der Waals surface area (Å²) in [7, 11) is 0. The van der Waals surface area contributed by atoms with E-state index in [9.17, 15) is 9.90 Å². The highest BCUT2D eigenvalue weighted by molar-refractivity contribution is 5.67. The number of hydrogen-bond donors (Lipinski definition) is 2. The molecule has 2 aliphatic heterocycles. The maximum absolute atomic E-state index is 12.2. The number of carbonyl (C=O) groups is 1. The number of carbonyl (C=O) groups excluding carboxylic acids is 1. The van der Waals surface area contributed by atoms with E-state index in [0.29, 0.717) is 0 Å². The van der Waals surface area contributed by atoms with Crippen LogP contribution in [-0.4, -0.2) is 55.1 Å². The number of rotatable bonds is 7. The summed E-state index contributed by atoms with van der Waals surface area (Å²) in [4.78, 5) is 12.2. The van der Waals surface area contributed by atoms with E-state index < -0.39 is 43.0 Å². The molecule has 4 rings (SSSR count). The van der Waals surface area contributed by atoms with E-state index in [1.165, 1.54) is 6.08 Å². The molecule has 0 bridgehead atoms. The molecule has 2 aromatic rings. The fraction of sp³-hybridized carbons (Fsp3) is 0.375. The van der Waals surface area contributed by atoms with Crippen LogP contribution in [0.1, 0.15) is 17.4 Å². The molecule has 1 amide bonds. The third kappa shape index (κ3) is 5.35. The summed E-state index contributed by atoms with van der Waals surface area (Å²) < 4.78 is 28.9. The fourth-order valence-electron chi connectivity index (χ4n) is 3.73. The number of aliphatic hydroxyl groups excluding tert-OH is 1. The van der Waals surface area contributed by atoms with Crippen LogP contribution < -0.4 is 5.32 Å².